The fraction of sp³-hybridized carbons (Fsp3) is 0.333. The predicted molar refractivity (Wildman–Crippen MR) is 130 cm³/mol. The summed E-state index contributed by atoms with van der Waals surface area (Å²) in [6, 6.07) is 9.26. The van der Waals surface area contributed by atoms with Crippen molar-refractivity contribution in [1.82, 2.24) is 9.88 Å². The van der Waals surface area contributed by atoms with Gasteiger partial charge in [0.05, 0.1) is 14.2 Å². The van der Waals surface area contributed by atoms with Crippen LogP contribution in [0.1, 0.15) is 12.0 Å². The van der Waals surface area contributed by atoms with Crippen molar-refractivity contribution >= 4 is 38.7 Å². The van der Waals surface area contributed by atoms with Crippen LogP contribution in [0.3, 0.4) is 0 Å². The molecule has 0 atom stereocenters. The highest BCUT2D eigenvalue weighted by Crippen LogP contribution is 2.40. The third-order valence-electron chi connectivity index (χ3n) is 5.20. The molecule has 0 radical (unpaired) electrons. The molecule has 4 rings (SSSR count). The standard InChI is InChI=1S/C24H27N3O5S/c1-26(2)12-5-13-27(21(28)11-7-16-6-8-17-20(14-16)32-15-31-17)24-25-22-18(29-3)9-10-19(30-4)23(22)33-24/h6-11,14H,5,12-13,15H2,1-4H3/b11-7+. The highest BCUT2D eigenvalue weighted by atomic mass is 32.1. The molecule has 1 aliphatic rings. The van der Waals surface area contributed by atoms with Crippen LogP contribution in [0, 0.1) is 0 Å². The van der Waals surface area contributed by atoms with Crippen molar-refractivity contribution in [1.29, 1.82) is 0 Å². The maximum absolute atomic E-state index is 13.3. The first-order valence-electron chi connectivity index (χ1n) is 10.6. The Bertz CT molecular complexity index is 1130. The quantitative estimate of drug-likeness (QED) is 0.438. The minimum Gasteiger partial charge on any atom is -0.495 e. The zero-order valence-electron chi connectivity index (χ0n) is 19.2. The smallest absolute Gasteiger partial charge is 0.252 e. The van der Waals surface area contributed by atoms with E-state index in [1.807, 2.05) is 44.4 Å². The Morgan fingerprint density at radius 2 is 1.85 bits per heavy atom. The van der Waals surface area contributed by atoms with Gasteiger partial charge in [0.1, 0.15) is 21.7 Å². The Morgan fingerprint density at radius 3 is 2.61 bits per heavy atom. The van der Waals surface area contributed by atoms with Crippen molar-refractivity contribution in [3.05, 3.63) is 42.0 Å². The van der Waals surface area contributed by atoms with E-state index in [1.165, 1.54) is 11.3 Å². The van der Waals surface area contributed by atoms with E-state index in [1.54, 1.807) is 31.3 Å². The lowest BCUT2D eigenvalue weighted by molar-refractivity contribution is -0.114. The van der Waals surface area contributed by atoms with Gasteiger partial charge in [-0.15, -0.1) is 0 Å². The third kappa shape index (κ3) is 5.04. The Kier molecular flexibility index (Phi) is 7.00. The van der Waals surface area contributed by atoms with Crippen molar-refractivity contribution in [2.75, 3.05) is 53.1 Å². The molecule has 0 saturated heterocycles. The normalized spacial score (nSPS) is 12.6. The molecule has 0 unspecified atom stereocenters. The highest BCUT2D eigenvalue weighted by molar-refractivity contribution is 7.22. The summed E-state index contributed by atoms with van der Waals surface area (Å²) in [5.74, 6) is 2.58. The van der Waals surface area contributed by atoms with Crippen LogP contribution < -0.4 is 23.8 Å². The summed E-state index contributed by atoms with van der Waals surface area (Å²) < 4.78 is 22.6. The number of hydrogen-bond donors (Lipinski definition) is 0. The number of benzene rings is 2. The summed E-state index contributed by atoms with van der Waals surface area (Å²) in [5.41, 5.74) is 1.54. The number of methoxy groups -OCH3 is 2. The van der Waals surface area contributed by atoms with E-state index in [0.717, 1.165) is 23.2 Å². The van der Waals surface area contributed by atoms with E-state index in [4.69, 9.17) is 23.9 Å². The first-order valence-corrected chi connectivity index (χ1v) is 11.4. The van der Waals surface area contributed by atoms with Gasteiger partial charge in [-0.1, -0.05) is 17.4 Å². The van der Waals surface area contributed by atoms with Gasteiger partial charge >= 0.3 is 0 Å². The van der Waals surface area contributed by atoms with Crippen LogP contribution >= 0.6 is 11.3 Å². The number of thiazole rings is 1. The second kappa shape index (κ2) is 10.1. The van der Waals surface area contributed by atoms with E-state index in [-0.39, 0.29) is 12.7 Å². The number of fused-ring (bicyclic) bond motifs is 2. The monoisotopic (exact) mass is 469 g/mol. The maximum atomic E-state index is 13.3. The molecule has 2 aromatic carbocycles. The van der Waals surface area contributed by atoms with Gasteiger partial charge in [-0.3, -0.25) is 9.69 Å². The van der Waals surface area contributed by atoms with Crippen molar-refractivity contribution in [2.24, 2.45) is 0 Å². The number of rotatable bonds is 9. The number of ether oxygens (including phenoxy) is 4. The molecule has 0 fully saturated rings. The molecule has 1 aromatic heterocycles. The third-order valence-corrected chi connectivity index (χ3v) is 6.29. The second-order valence-corrected chi connectivity index (χ2v) is 8.71. The molecule has 0 aliphatic carbocycles. The molecule has 1 amide bonds. The van der Waals surface area contributed by atoms with E-state index in [0.29, 0.717) is 40.2 Å². The lowest BCUT2D eigenvalue weighted by atomic mass is 10.2. The van der Waals surface area contributed by atoms with Crippen LogP contribution in [-0.2, 0) is 4.79 Å². The number of nitrogens with zero attached hydrogens (tertiary/aromatic N) is 3. The largest absolute Gasteiger partial charge is 0.495 e. The second-order valence-electron chi connectivity index (χ2n) is 7.74. The number of anilines is 1. The number of aromatic nitrogens is 1. The summed E-state index contributed by atoms with van der Waals surface area (Å²) in [6.45, 7) is 1.60. The first kappa shape index (κ1) is 22.9. The zero-order valence-corrected chi connectivity index (χ0v) is 20.0. The summed E-state index contributed by atoms with van der Waals surface area (Å²) in [7, 11) is 7.25. The van der Waals surface area contributed by atoms with E-state index < -0.39 is 0 Å². The van der Waals surface area contributed by atoms with Crippen LogP contribution in [0.5, 0.6) is 23.0 Å². The number of hydrogen-bond acceptors (Lipinski definition) is 8. The van der Waals surface area contributed by atoms with Gasteiger partial charge in [-0.05, 0) is 63.0 Å². The molecule has 0 bridgehead atoms. The van der Waals surface area contributed by atoms with Gasteiger partial charge in [-0.2, -0.15) is 0 Å². The van der Waals surface area contributed by atoms with Crippen LogP contribution in [0.15, 0.2) is 36.4 Å². The summed E-state index contributed by atoms with van der Waals surface area (Å²) >= 11 is 1.42. The van der Waals surface area contributed by atoms with Crippen LogP contribution in [0.2, 0.25) is 0 Å². The molecule has 8 nitrogen and oxygen atoms in total. The minimum atomic E-state index is -0.150. The molecular weight excluding hydrogens is 442 g/mol. The van der Waals surface area contributed by atoms with Crippen LogP contribution in [0.4, 0.5) is 5.13 Å². The molecule has 1 aliphatic heterocycles. The molecule has 0 N–H and O–H groups in total. The topological polar surface area (TPSA) is 73.4 Å². The van der Waals surface area contributed by atoms with Crippen LogP contribution in [0.25, 0.3) is 16.3 Å². The minimum absolute atomic E-state index is 0.150. The molecule has 0 saturated carbocycles. The number of carbonyl (C=O) groups excluding carboxylic acids is 1. The summed E-state index contributed by atoms with van der Waals surface area (Å²) in [6.07, 6.45) is 4.15. The molecule has 3 aromatic rings. The predicted octanol–water partition coefficient (Wildman–Crippen LogP) is 4.04. The molecule has 9 heteroatoms. The van der Waals surface area contributed by atoms with E-state index in [9.17, 15) is 4.79 Å². The zero-order chi connectivity index (χ0) is 23.4. The van der Waals surface area contributed by atoms with Gasteiger partial charge in [0.2, 0.25) is 6.79 Å². The first-order chi connectivity index (χ1) is 16.0. The highest BCUT2D eigenvalue weighted by Gasteiger charge is 2.21. The average Bonchev–Trinajstić information content (AvgIpc) is 3.46. The fourth-order valence-corrected chi connectivity index (χ4v) is 4.62. The number of carbonyl (C=O) groups is 1. The maximum Gasteiger partial charge on any atom is 0.252 e. The van der Waals surface area contributed by atoms with Crippen molar-refractivity contribution in [3.63, 3.8) is 0 Å². The van der Waals surface area contributed by atoms with E-state index in [2.05, 4.69) is 4.90 Å². The average molecular weight is 470 g/mol. The van der Waals surface area contributed by atoms with Crippen LogP contribution in [-0.4, -0.2) is 64.0 Å². The lowest BCUT2D eigenvalue weighted by Crippen LogP contribution is -2.32. The SMILES string of the molecule is COc1ccc(OC)c2sc(N(CCCN(C)C)C(=O)/C=C/c3ccc4c(c3)OCO4)nc12. The van der Waals surface area contributed by atoms with Gasteiger partial charge < -0.3 is 23.8 Å². The fourth-order valence-electron chi connectivity index (χ4n) is 3.51. The van der Waals surface area contributed by atoms with Gasteiger partial charge in [0, 0.05) is 12.6 Å². The molecule has 33 heavy (non-hydrogen) atoms. The Labute approximate surface area is 196 Å². The van der Waals surface area contributed by atoms with Gasteiger partial charge in [-0.25, -0.2) is 4.98 Å². The lowest BCUT2D eigenvalue weighted by Gasteiger charge is -2.19. The summed E-state index contributed by atoms with van der Waals surface area (Å²) in [5, 5.41) is 0.604. The van der Waals surface area contributed by atoms with Gasteiger partial charge in [0.15, 0.2) is 16.6 Å². The molecule has 2 heterocycles. The molecule has 174 valence electrons. The van der Waals surface area contributed by atoms with E-state index >= 15 is 0 Å². The van der Waals surface area contributed by atoms with Crippen molar-refractivity contribution < 1.29 is 23.7 Å². The van der Waals surface area contributed by atoms with Gasteiger partial charge in [0.25, 0.3) is 5.91 Å². The Balaban J connectivity index is 1.63. The summed E-state index contributed by atoms with van der Waals surface area (Å²) in [4.78, 5) is 21.8. The van der Waals surface area contributed by atoms with Crippen molar-refractivity contribution in [2.45, 2.75) is 6.42 Å². The number of amides is 1. The van der Waals surface area contributed by atoms with Crippen molar-refractivity contribution in [3.8, 4) is 23.0 Å². The Morgan fingerprint density at radius 1 is 1.09 bits per heavy atom. The molecule has 0 spiro atoms. The Hall–Kier alpha value is -3.30. The molecular formula is C24H27N3O5S.